The van der Waals surface area contributed by atoms with Crippen molar-refractivity contribution < 1.29 is 14.2 Å². The van der Waals surface area contributed by atoms with Gasteiger partial charge in [0.05, 0.1) is 12.7 Å². The zero-order chi connectivity index (χ0) is 15.0. The van der Waals surface area contributed by atoms with E-state index in [4.69, 9.17) is 4.74 Å². The Hall–Kier alpha value is -1.09. The predicted molar refractivity (Wildman–Crippen MR) is 78.3 cm³/mol. The Kier molecular flexibility index (Phi) is 4.10. The highest BCUT2D eigenvalue weighted by Gasteiger charge is 2.40. The first-order chi connectivity index (χ1) is 9.28. The van der Waals surface area contributed by atoms with Gasteiger partial charge in [-0.25, -0.2) is 4.39 Å². The Balaban J connectivity index is 2.22. The molecule has 1 fully saturated rings. The summed E-state index contributed by atoms with van der Waals surface area (Å²) in [5.74, 6) is 0.358. The van der Waals surface area contributed by atoms with Gasteiger partial charge in [0, 0.05) is 5.56 Å². The van der Waals surface area contributed by atoms with E-state index in [2.05, 4.69) is 20.8 Å². The molecule has 0 atom stereocenters. The molecule has 0 unspecified atom stereocenters. The third-order valence-electron chi connectivity index (χ3n) is 4.72. The van der Waals surface area contributed by atoms with E-state index in [1.165, 1.54) is 7.11 Å². The van der Waals surface area contributed by atoms with Crippen LogP contribution in [0.2, 0.25) is 0 Å². The average molecular weight is 280 g/mol. The van der Waals surface area contributed by atoms with Gasteiger partial charge in [-0.05, 0) is 43.1 Å². The van der Waals surface area contributed by atoms with Crippen molar-refractivity contribution in [3.8, 4) is 5.75 Å². The van der Waals surface area contributed by atoms with Crippen LogP contribution in [0.3, 0.4) is 0 Å². The fourth-order valence-corrected chi connectivity index (χ4v) is 3.26. The minimum Gasteiger partial charge on any atom is -0.494 e. The highest BCUT2D eigenvalue weighted by molar-refractivity contribution is 5.35. The molecule has 2 nitrogen and oxygen atoms in total. The van der Waals surface area contributed by atoms with E-state index in [0.717, 1.165) is 12.8 Å². The lowest BCUT2D eigenvalue weighted by atomic mass is 9.67. The number of benzene rings is 1. The Morgan fingerprint density at radius 3 is 2.35 bits per heavy atom. The monoisotopic (exact) mass is 280 g/mol. The summed E-state index contributed by atoms with van der Waals surface area (Å²) < 4.78 is 19.4. The number of ether oxygens (including phenoxy) is 1. The molecule has 0 amide bonds. The summed E-state index contributed by atoms with van der Waals surface area (Å²) in [7, 11) is 1.45. The molecule has 0 radical (unpaired) electrons. The van der Waals surface area contributed by atoms with Crippen molar-refractivity contribution in [3.63, 3.8) is 0 Å². The molecule has 1 aromatic carbocycles. The molecule has 20 heavy (non-hydrogen) atoms. The van der Waals surface area contributed by atoms with Crippen LogP contribution in [0.15, 0.2) is 18.2 Å². The lowest BCUT2D eigenvalue weighted by molar-refractivity contribution is -0.0325. The van der Waals surface area contributed by atoms with Gasteiger partial charge in [0.2, 0.25) is 0 Å². The molecular weight excluding hydrogens is 255 g/mol. The molecule has 0 heterocycles. The third-order valence-corrected chi connectivity index (χ3v) is 4.72. The van der Waals surface area contributed by atoms with Crippen LogP contribution in [0.5, 0.6) is 5.75 Å². The van der Waals surface area contributed by atoms with Gasteiger partial charge in [0.15, 0.2) is 11.6 Å². The van der Waals surface area contributed by atoms with Crippen molar-refractivity contribution in [1.29, 1.82) is 0 Å². The highest BCUT2D eigenvalue weighted by atomic mass is 19.1. The first-order valence-electron chi connectivity index (χ1n) is 7.33. The van der Waals surface area contributed by atoms with Crippen LogP contribution in [0.4, 0.5) is 4.39 Å². The van der Waals surface area contributed by atoms with Crippen molar-refractivity contribution >= 4 is 0 Å². The third kappa shape index (κ3) is 2.83. The summed E-state index contributed by atoms with van der Waals surface area (Å²) in [4.78, 5) is 0. The average Bonchev–Trinajstić information content (AvgIpc) is 2.38. The van der Waals surface area contributed by atoms with Gasteiger partial charge in [-0.3, -0.25) is 0 Å². The summed E-state index contributed by atoms with van der Waals surface area (Å²) in [5.41, 5.74) is -0.432. The fourth-order valence-electron chi connectivity index (χ4n) is 3.26. The van der Waals surface area contributed by atoms with Crippen LogP contribution in [-0.2, 0) is 5.60 Å². The highest BCUT2D eigenvalue weighted by Crippen LogP contribution is 2.46. The molecule has 1 N–H and O–H groups in total. The largest absolute Gasteiger partial charge is 0.494 e. The molecule has 0 bridgehead atoms. The van der Waals surface area contributed by atoms with E-state index in [1.54, 1.807) is 18.2 Å². The lowest BCUT2D eigenvalue weighted by Gasteiger charge is -2.41. The first kappa shape index (κ1) is 15.3. The molecule has 1 saturated carbocycles. The molecule has 0 saturated heterocycles. The molecule has 1 aliphatic carbocycles. The zero-order valence-electron chi connectivity index (χ0n) is 12.9. The Bertz CT molecular complexity index is 468. The Morgan fingerprint density at radius 1 is 1.25 bits per heavy atom. The van der Waals surface area contributed by atoms with Gasteiger partial charge in [-0.1, -0.05) is 32.9 Å². The first-order valence-corrected chi connectivity index (χ1v) is 7.33. The van der Waals surface area contributed by atoms with Crippen molar-refractivity contribution in [2.75, 3.05) is 7.11 Å². The summed E-state index contributed by atoms with van der Waals surface area (Å²) in [5, 5.41) is 10.8. The van der Waals surface area contributed by atoms with Crippen LogP contribution < -0.4 is 4.74 Å². The van der Waals surface area contributed by atoms with Gasteiger partial charge < -0.3 is 9.84 Å². The van der Waals surface area contributed by atoms with Gasteiger partial charge in [-0.15, -0.1) is 0 Å². The van der Waals surface area contributed by atoms with E-state index in [9.17, 15) is 9.50 Å². The molecule has 112 valence electrons. The molecule has 3 heteroatoms. The predicted octanol–water partition coefficient (Wildman–Crippen LogP) is 4.26. The maximum atomic E-state index is 14.3. The number of halogens is 1. The summed E-state index contributed by atoms with van der Waals surface area (Å²) in [6.45, 7) is 6.69. The lowest BCUT2D eigenvalue weighted by Crippen LogP contribution is -2.36. The minimum absolute atomic E-state index is 0.203. The van der Waals surface area contributed by atoms with Crippen molar-refractivity contribution in [3.05, 3.63) is 29.6 Å². The molecular formula is C17H25FO2. The van der Waals surface area contributed by atoms with E-state index < -0.39 is 11.4 Å². The zero-order valence-corrected chi connectivity index (χ0v) is 12.9. The van der Waals surface area contributed by atoms with Crippen LogP contribution >= 0.6 is 0 Å². The molecule has 0 aromatic heterocycles. The normalized spacial score (nSPS) is 27.4. The Morgan fingerprint density at radius 2 is 1.85 bits per heavy atom. The smallest absolute Gasteiger partial charge is 0.171 e. The van der Waals surface area contributed by atoms with E-state index in [-0.39, 0.29) is 11.2 Å². The minimum atomic E-state index is -1.06. The maximum Gasteiger partial charge on any atom is 0.171 e. The molecule has 1 aliphatic rings. The SMILES string of the molecule is COc1cccc(C2(O)CCC(C(C)(C)C)CC2)c1F. The van der Waals surface area contributed by atoms with E-state index in [1.807, 2.05) is 0 Å². The summed E-state index contributed by atoms with van der Waals surface area (Å²) >= 11 is 0. The van der Waals surface area contributed by atoms with Crippen LogP contribution in [0.1, 0.15) is 52.0 Å². The molecule has 1 aromatic rings. The van der Waals surface area contributed by atoms with Gasteiger partial charge in [-0.2, -0.15) is 0 Å². The molecule has 0 aliphatic heterocycles. The van der Waals surface area contributed by atoms with Gasteiger partial charge >= 0.3 is 0 Å². The van der Waals surface area contributed by atoms with Crippen LogP contribution in [0, 0.1) is 17.2 Å². The van der Waals surface area contributed by atoms with Gasteiger partial charge in [0.1, 0.15) is 0 Å². The standard InChI is InChI=1S/C17H25FO2/c1-16(2,3)12-8-10-17(19,11-9-12)13-6-5-7-14(20-4)15(13)18/h5-7,12,19H,8-11H2,1-4H3. The van der Waals surface area contributed by atoms with Crippen molar-refractivity contribution in [2.24, 2.45) is 11.3 Å². The van der Waals surface area contributed by atoms with Crippen LogP contribution in [-0.4, -0.2) is 12.2 Å². The van der Waals surface area contributed by atoms with Crippen molar-refractivity contribution in [1.82, 2.24) is 0 Å². The molecule has 0 spiro atoms. The number of hydrogen-bond donors (Lipinski definition) is 1. The van der Waals surface area contributed by atoms with Crippen LogP contribution in [0.25, 0.3) is 0 Å². The number of rotatable bonds is 2. The number of methoxy groups -OCH3 is 1. The summed E-state index contributed by atoms with van der Waals surface area (Å²) in [6, 6.07) is 5.00. The van der Waals surface area contributed by atoms with Crippen molar-refractivity contribution in [2.45, 2.75) is 52.1 Å². The van der Waals surface area contributed by atoms with Gasteiger partial charge in [0.25, 0.3) is 0 Å². The maximum absolute atomic E-state index is 14.3. The van der Waals surface area contributed by atoms with E-state index >= 15 is 0 Å². The second kappa shape index (κ2) is 5.36. The number of hydrogen-bond acceptors (Lipinski definition) is 2. The topological polar surface area (TPSA) is 29.5 Å². The summed E-state index contributed by atoms with van der Waals surface area (Å²) in [6.07, 6.45) is 3.07. The molecule has 2 rings (SSSR count). The fraction of sp³-hybridized carbons (Fsp3) is 0.647. The second-order valence-electron chi connectivity index (χ2n) is 6.99. The van der Waals surface area contributed by atoms with E-state index in [0.29, 0.717) is 24.3 Å². The number of aliphatic hydroxyl groups is 1. The quantitative estimate of drug-likeness (QED) is 0.877. The Labute approximate surface area is 121 Å². The second-order valence-corrected chi connectivity index (χ2v) is 6.99.